The molecule has 0 radical (unpaired) electrons. The molecule has 0 heterocycles. The lowest BCUT2D eigenvalue weighted by Gasteiger charge is -2.19. The van der Waals surface area contributed by atoms with Gasteiger partial charge < -0.3 is 20.1 Å². The van der Waals surface area contributed by atoms with E-state index in [0.29, 0.717) is 12.8 Å². The fourth-order valence-corrected chi connectivity index (χ4v) is 7.35. The number of hydrogen-bond acceptors (Lipinski definition) is 8. The molecule has 0 saturated carbocycles. The van der Waals surface area contributed by atoms with Crippen LogP contribution in [-0.4, -0.2) is 49.3 Å². The Kier molecular flexibility index (Phi) is 43.9. The lowest BCUT2D eigenvalue weighted by molar-refractivity contribution is -0.161. The number of allylic oxidation sites excluding steroid dienone is 8. The Hall–Kier alpha value is -2.03. The molecular weight excluding hydrogens is 762 g/mol. The van der Waals surface area contributed by atoms with E-state index in [4.69, 9.17) is 24.3 Å². The van der Waals surface area contributed by atoms with E-state index in [2.05, 4.69) is 56.4 Å². The topological polar surface area (TPSA) is 134 Å². The van der Waals surface area contributed by atoms with Crippen LogP contribution in [0.3, 0.4) is 0 Å². The van der Waals surface area contributed by atoms with Gasteiger partial charge in [-0.05, 0) is 70.6 Å². The van der Waals surface area contributed by atoms with Crippen LogP contribution in [0.15, 0.2) is 48.6 Å². The molecule has 0 fully saturated rings. The second kappa shape index (κ2) is 45.5. The summed E-state index contributed by atoms with van der Waals surface area (Å²) in [5.41, 5.74) is 5.35. The number of ether oxygens (including phenoxy) is 2. The highest BCUT2D eigenvalue weighted by Gasteiger charge is 2.26. The third-order valence-corrected chi connectivity index (χ3v) is 11.2. The number of phosphoric ester groups is 1. The van der Waals surface area contributed by atoms with Crippen LogP contribution in [0.4, 0.5) is 0 Å². The van der Waals surface area contributed by atoms with E-state index in [0.717, 1.165) is 38.5 Å². The molecule has 9 nitrogen and oxygen atoms in total. The maximum absolute atomic E-state index is 12.6. The largest absolute Gasteiger partial charge is 0.472 e. The van der Waals surface area contributed by atoms with E-state index in [1.54, 1.807) is 0 Å². The van der Waals surface area contributed by atoms with Gasteiger partial charge in [-0.15, -0.1) is 0 Å². The number of nitrogens with two attached hydrogens (primary N) is 1. The minimum atomic E-state index is -4.39. The molecule has 0 aliphatic carbocycles. The van der Waals surface area contributed by atoms with Crippen LogP contribution in [0.2, 0.25) is 0 Å². The second-order valence-corrected chi connectivity index (χ2v) is 17.4. The Morgan fingerprint density at radius 2 is 0.898 bits per heavy atom. The van der Waals surface area contributed by atoms with Gasteiger partial charge in [-0.3, -0.25) is 18.6 Å². The zero-order chi connectivity index (χ0) is 43.2. The summed E-state index contributed by atoms with van der Waals surface area (Å²) in [5.74, 6) is -0.887. The quantitative estimate of drug-likeness (QED) is 0.0266. The van der Waals surface area contributed by atoms with Crippen molar-refractivity contribution in [3.63, 3.8) is 0 Å². The molecule has 2 atom stereocenters. The Labute approximate surface area is 362 Å². The molecule has 344 valence electrons. The highest BCUT2D eigenvalue weighted by Crippen LogP contribution is 2.43. The predicted molar refractivity (Wildman–Crippen MR) is 247 cm³/mol. The Bertz CT molecular complexity index is 1110. The smallest absolute Gasteiger partial charge is 0.462 e. The van der Waals surface area contributed by atoms with Crippen molar-refractivity contribution in [3.8, 4) is 0 Å². The summed E-state index contributed by atoms with van der Waals surface area (Å²) in [6, 6.07) is 0. The number of hydrogen-bond donors (Lipinski definition) is 2. The Morgan fingerprint density at radius 3 is 1.37 bits per heavy atom. The van der Waals surface area contributed by atoms with Gasteiger partial charge in [-0.1, -0.05) is 184 Å². The molecule has 0 aromatic rings. The third kappa shape index (κ3) is 45.3. The number of carbonyl (C=O) groups excluding carboxylic acids is 2. The molecule has 0 aliphatic rings. The van der Waals surface area contributed by atoms with Gasteiger partial charge in [0.1, 0.15) is 6.61 Å². The summed E-state index contributed by atoms with van der Waals surface area (Å²) < 4.78 is 32.8. The van der Waals surface area contributed by atoms with E-state index in [-0.39, 0.29) is 32.6 Å². The molecule has 0 bridgehead atoms. The molecule has 0 rings (SSSR count). The van der Waals surface area contributed by atoms with Crippen molar-refractivity contribution >= 4 is 19.8 Å². The van der Waals surface area contributed by atoms with Gasteiger partial charge in [0.25, 0.3) is 0 Å². The van der Waals surface area contributed by atoms with Crippen molar-refractivity contribution in [1.29, 1.82) is 0 Å². The average Bonchev–Trinajstić information content (AvgIpc) is 3.22. The number of unbranched alkanes of at least 4 members (excludes halogenated alkanes) is 24. The maximum Gasteiger partial charge on any atom is 0.472 e. The van der Waals surface area contributed by atoms with E-state index in [1.165, 1.54) is 141 Å². The summed E-state index contributed by atoms with van der Waals surface area (Å²) >= 11 is 0. The molecule has 3 N–H and O–H groups in total. The van der Waals surface area contributed by atoms with Gasteiger partial charge in [0.05, 0.1) is 13.2 Å². The summed E-state index contributed by atoms with van der Waals surface area (Å²) in [5, 5.41) is 0. The van der Waals surface area contributed by atoms with Crippen molar-refractivity contribution < 1.29 is 37.6 Å². The van der Waals surface area contributed by atoms with Crippen LogP contribution >= 0.6 is 7.82 Å². The van der Waals surface area contributed by atoms with Gasteiger partial charge >= 0.3 is 19.8 Å². The lowest BCUT2D eigenvalue weighted by atomic mass is 10.0. The van der Waals surface area contributed by atoms with Crippen molar-refractivity contribution in [1.82, 2.24) is 0 Å². The van der Waals surface area contributed by atoms with Gasteiger partial charge in [0.2, 0.25) is 0 Å². The third-order valence-electron chi connectivity index (χ3n) is 10.2. The lowest BCUT2D eigenvalue weighted by Crippen LogP contribution is -2.29. The van der Waals surface area contributed by atoms with Crippen LogP contribution in [-0.2, 0) is 32.7 Å². The molecular formula is C49H90NO8P. The first-order valence-corrected chi connectivity index (χ1v) is 25.6. The Morgan fingerprint density at radius 1 is 0.508 bits per heavy atom. The monoisotopic (exact) mass is 852 g/mol. The highest BCUT2D eigenvalue weighted by atomic mass is 31.2. The second-order valence-electron chi connectivity index (χ2n) is 16.0. The normalized spacial score (nSPS) is 13.6. The standard InChI is InChI=1S/C49H90NO8P/c1-3-5-7-9-11-13-15-17-19-21-22-23-24-26-27-29-31-33-35-37-39-41-48(51)55-45-47(46-57-59(53,54)56-44-43-50)58-49(52)42-40-38-36-34-32-30-28-25-20-18-16-14-12-10-8-6-4-2/h17-20,28,30,34,36,47H,3-16,21-27,29,31-33,35,37-46,50H2,1-2H3,(H,53,54)/b19-17+,20-18+,30-28+,36-34+/t47-/m1/s1. The molecule has 1 unspecified atom stereocenters. The zero-order valence-electron chi connectivity index (χ0n) is 38.0. The number of rotatable bonds is 45. The van der Waals surface area contributed by atoms with E-state index < -0.39 is 32.5 Å². The first-order chi connectivity index (χ1) is 28.8. The fraction of sp³-hybridized carbons (Fsp3) is 0.796. The van der Waals surface area contributed by atoms with Gasteiger partial charge in [-0.2, -0.15) is 0 Å². The van der Waals surface area contributed by atoms with Crippen LogP contribution < -0.4 is 5.73 Å². The Balaban J connectivity index is 4.14. The van der Waals surface area contributed by atoms with Crippen LogP contribution in [0.5, 0.6) is 0 Å². The van der Waals surface area contributed by atoms with E-state index in [1.807, 2.05) is 6.08 Å². The predicted octanol–water partition coefficient (Wildman–Crippen LogP) is 14.3. The zero-order valence-corrected chi connectivity index (χ0v) is 38.9. The summed E-state index contributed by atoms with van der Waals surface area (Å²) in [6.45, 7) is 3.68. The molecule has 0 amide bonds. The minimum absolute atomic E-state index is 0.0449. The van der Waals surface area contributed by atoms with E-state index in [9.17, 15) is 19.0 Å². The molecule has 0 spiro atoms. The molecule has 0 aromatic heterocycles. The minimum Gasteiger partial charge on any atom is -0.462 e. The van der Waals surface area contributed by atoms with Crippen LogP contribution in [0.1, 0.15) is 219 Å². The summed E-state index contributed by atoms with van der Waals surface area (Å²) in [6.07, 6.45) is 53.0. The molecule has 59 heavy (non-hydrogen) atoms. The summed E-state index contributed by atoms with van der Waals surface area (Å²) in [7, 11) is -4.39. The molecule has 0 aromatic carbocycles. The van der Waals surface area contributed by atoms with Gasteiger partial charge in [-0.25, -0.2) is 4.57 Å². The van der Waals surface area contributed by atoms with Crippen molar-refractivity contribution in [2.75, 3.05) is 26.4 Å². The fourth-order valence-electron chi connectivity index (χ4n) is 6.59. The number of esters is 2. The molecule has 10 heteroatoms. The first kappa shape index (κ1) is 57.0. The molecule has 0 aliphatic heterocycles. The molecule has 0 saturated heterocycles. The van der Waals surface area contributed by atoms with Crippen LogP contribution in [0, 0.1) is 0 Å². The van der Waals surface area contributed by atoms with E-state index >= 15 is 0 Å². The number of carbonyl (C=O) groups is 2. The van der Waals surface area contributed by atoms with Gasteiger partial charge in [0.15, 0.2) is 6.10 Å². The maximum atomic E-state index is 12.6. The SMILES string of the molecule is CCCCCCCC/C=C/C/C=C/C/C=C/CCCC(=O)O[C@H](COC(=O)CCCCCCCCCCCCC/C=C/CCCCCCCC)COP(=O)(O)OCCN. The highest BCUT2D eigenvalue weighted by molar-refractivity contribution is 7.47. The van der Waals surface area contributed by atoms with Gasteiger partial charge in [0, 0.05) is 19.4 Å². The van der Waals surface area contributed by atoms with Crippen molar-refractivity contribution in [3.05, 3.63) is 48.6 Å². The van der Waals surface area contributed by atoms with Crippen molar-refractivity contribution in [2.45, 2.75) is 225 Å². The summed E-state index contributed by atoms with van der Waals surface area (Å²) in [4.78, 5) is 34.9. The van der Waals surface area contributed by atoms with Crippen LogP contribution in [0.25, 0.3) is 0 Å². The number of phosphoric acid groups is 1. The first-order valence-electron chi connectivity index (χ1n) is 24.1. The van der Waals surface area contributed by atoms with Crippen molar-refractivity contribution in [2.24, 2.45) is 5.73 Å². The average molecular weight is 852 g/mol.